The highest BCUT2D eigenvalue weighted by Crippen LogP contribution is 2.16. The molecule has 0 aliphatic heterocycles. The van der Waals surface area contributed by atoms with Gasteiger partial charge >= 0.3 is 0 Å². The zero-order valence-corrected chi connectivity index (χ0v) is 7.11. The van der Waals surface area contributed by atoms with E-state index < -0.39 is 0 Å². The molecule has 1 aliphatic rings. The smallest absolute Gasteiger partial charge is 0.135 e. The van der Waals surface area contributed by atoms with E-state index in [2.05, 4.69) is 11.5 Å². The second-order valence-corrected chi connectivity index (χ2v) is 3.52. The van der Waals surface area contributed by atoms with Crippen molar-refractivity contribution in [3.8, 4) is 0 Å². The van der Waals surface area contributed by atoms with E-state index in [0.29, 0.717) is 0 Å². The standard InChI is InChI=1S/C7H15NSi/c1-9-8-7-5-3-2-4-6-7/h7-8H,2-6H2,1H3. The summed E-state index contributed by atoms with van der Waals surface area (Å²) >= 11 is 0. The molecule has 2 heteroatoms. The molecular weight excluding hydrogens is 126 g/mol. The Morgan fingerprint density at radius 3 is 2.44 bits per heavy atom. The van der Waals surface area contributed by atoms with Gasteiger partial charge in [-0.05, 0) is 12.8 Å². The van der Waals surface area contributed by atoms with E-state index in [1.54, 1.807) is 0 Å². The minimum absolute atomic E-state index is 0.863. The quantitative estimate of drug-likeness (QED) is 0.576. The Morgan fingerprint density at radius 1 is 1.22 bits per heavy atom. The van der Waals surface area contributed by atoms with E-state index in [9.17, 15) is 0 Å². The van der Waals surface area contributed by atoms with Crippen LogP contribution in [0.5, 0.6) is 0 Å². The molecule has 1 aliphatic carbocycles. The second-order valence-electron chi connectivity index (χ2n) is 2.73. The lowest BCUT2D eigenvalue weighted by Gasteiger charge is -2.21. The molecule has 0 unspecified atom stereocenters. The SMILES string of the molecule is C[Si]NC1CCCCC1. The molecule has 0 amide bonds. The summed E-state index contributed by atoms with van der Waals surface area (Å²) in [5.74, 6) is 0. The summed E-state index contributed by atoms with van der Waals surface area (Å²) in [6.07, 6.45) is 7.19. The fourth-order valence-electron chi connectivity index (χ4n) is 1.45. The Bertz CT molecular complexity index is 66.6. The third-order valence-corrected chi connectivity index (χ3v) is 2.65. The molecule has 1 N–H and O–H groups in total. The van der Waals surface area contributed by atoms with Crippen LogP contribution in [-0.2, 0) is 0 Å². The van der Waals surface area contributed by atoms with Gasteiger partial charge in [0, 0.05) is 6.04 Å². The van der Waals surface area contributed by atoms with Crippen molar-refractivity contribution in [2.24, 2.45) is 0 Å². The van der Waals surface area contributed by atoms with Crippen LogP contribution >= 0.6 is 0 Å². The maximum absolute atomic E-state index is 3.51. The van der Waals surface area contributed by atoms with Gasteiger partial charge in [-0.15, -0.1) is 0 Å². The predicted molar refractivity (Wildman–Crippen MR) is 41.6 cm³/mol. The summed E-state index contributed by atoms with van der Waals surface area (Å²) < 4.78 is 0. The maximum Gasteiger partial charge on any atom is 0.135 e. The van der Waals surface area contributed by atoms with Gasteiger partial charge in [0.1, 0.15) is 9.68 Å². The van der Waals surface area contributed by atoms with Crippen LogP contribution in [0.3, 0.4) is 0 Å². The number of rotatable bonds is 2. The molecule has 1 saturated carbocycles. The Morgan fingerprint density at radius 2 is 1.89 bits per heavy atom. The highest BCUT2D eigenvalue weighted by molar-refractivity contribution is 6.30. The van der Waals surface area contributed by atoms with Gasteiger partial charge in [-0.25, -0.2) is 0 Å². The van der Waals surface area contributed by atoms with Crippen molar-refractivity contribution in [1.29, 1.82) is 0 Å². The lowest BCUT2D eigenvalue weighted by molar-refractivity contribution is 0.418. The van der Waals surface area contributed by atoms with Gasteiger partial charge in [-0.3, -0.25) is 0 Å². The summed E-state index contributed by atoms with van der Waals surface area (Å²) in [5.41, 5.74) is 0. The molecule has 0 heterocycles. The average molecular weight is 141 g/mol. The summed E-state index contributed by atoms with van der Waals surface area (Å²) in [7, 11) is 0.939. The summed E-state index contributed by atoms with van der Waals surface area (Å²) in [5, 5.41) is 0. The molecule has 52 valence electrons. The topological polar surface area (TPSA) is 12.0 Å². The minimum atomic E-state index is 0.863. The Hall–Kier alpha value is 0.177. The van der Waals surface area contributed by atoms with Crippen LogP contribution in [0.25, 0.3) is 0 Å². The summed E-state index contributed by atoms with van der Waals surface area (Å²) in [6.45, 7) is 2.22. The first-order valence-corrected chi connectivity index (χ1v) is 5.36. The van der Waals surface area contributed by atoms with Crippen molar-refractivity contribution in [3.63, 3.8) is 0 Å². The normalized spacial score (nSPS) is 22.3. The van der Waals surface area contributed by atoms with E-state index in [4.69, 9.17) is 0 Å². The minimum Gasteiger partial charge on any atom is -0.337 e. The van der Waals surface area contributed by atoms with Crippen molar-refractivity contribution in [3.05, 3.63) is 0 Å². The zero-order valence-electron chi connectivity index (χ0n) is 6.11. The lowest BCUT2D eigenvalue weighted by Crippen LogP contribution is -2.32. The molecule has 1 fully saturated rings. The molecule has 0 aromatic heterocycles. The molecule has 1 rings (SSSR count). The van der Waals surface area contributed by atoms with E-state index in [0.717, 1.165) is 15.7 Å². The highest BCUT2D eigenvalue weighted by atomic mass is 28.2. The number of hydrogen-bond donors (Lipinski definition) is 1. The summed E-state index contributed by atoms with van der Waals surface area (Å²) in [6, 6.07) is 0.863. The number of hydrogen-bond acceptors (Lipinski definition) is 1. The Balaban J connectivity index is 2.08. The number of nitrogens with one attached hydrogen (secondary N) is 1. The third-order valence-electron chi connectivity index (χ3n) is 1.95. The van der Waals surface area contributed by atoms with Gasteiger partial charge in [0.2, 0.25) is 0 Å². The Kier molecular flexibility index (Phi) is 3.29. The summed E-state index contributed by atoms with van der Waals surface area (Å²) in [4.78, 5) is 3.51. The molecular formula is C7H15NSi. The predicted octanol–water partition coefficient (Wildman–Crippen LogP) is 1.58. The molecule has 0 aromatic carbocycles. The van der Waals surface area contributed by atoms with Crippen molar-refractivity contribution in [1.82, 2.24) is 4.98 Å². The molecule has 0 bridgehead atoms. The fourth-order valence-corrected chi connectivity index (χ4v) is 2.15. The van der Waals surface area contributed by atoms with Crippen LogP contribution in [-0.4, -0.2) is 15.7 Å². The monoisotopic (exact) mass is 141 g/mol. The van der Waals surface area contributed by atoms with Gasteiger partial charge in [0.15, 0.2) is 0 Å². The van der Waals surface area contributed by atoms with E-state index >= 15 is 0 Å². The van der Waals surface area contributed by atoms with Gasteiger partial charge in [0.05, 0.1) is 0 Å². The molecule has 0 spiro atoms. The average Bonchev–Trinajstić information content (AvgIpc) is 1.91. The van der Waals surface area contributed by atoms with Crippen LogP contribution in [0.1, 0.15) is 32.1 Å². The molecule has 0 aromatic rings. The van der Waals surface area contributed by atoms with Crippen LogP contribution in [0.2, 0.25) is 6.55 Å². The van der Waals surface area contributed by atoms with Crippen LogP contribution < -0.4 is 4.98 Å². The first-order valence-electron chi connectivity index (χ1n) is 3.86. The molecule has 0 atom stereocenters. The first-order chi connectivity index (χ1) is 4.43. The molecule has 2 radical (unpaired) electrons. The maximum atomic E-state index is 3.51. The second kappa shape index (κ2) is 4.07. The van der Waals surface area contributed by atoms with Crippen LogP contribution in [0.4, 0.5) is 0 Å². The van der Waals surface area contributed by atoms with Crippen LogP contribution in [0, 0.1) is 0 Å². The van der Waals surface area contributed by atoms with Gasteiger partial charge in [-0.1, -0.05) is 25.8 Å². The van der Waals surface area contributed by atoms with Gasteiger partial charge in [-0.2, -0.15) is 0 Å². The Labute approximate surface area is 60.1 Å². The molecule has 0 saturated heterocycles. The molecule has 1 nitrogen and oxygen atoms in total. The lowest BCUT2D eigenvalue weighted by atomic mass is 9.96. The third kappa shape index (κ3) is 2.50. The van der Waals surface area contributed by atoms with E-state index in [-0.39, 0.29) is 0 Å². The van der Waals surface area contributed by atoms with Crippen molar-refractivity contribution < 1.29 is 0 Å². The largest absolute Gasteiger partial charge is 0.337 e. The van der Waals surface area contributed by atoms with Crippen molar-refractivity contribution in [2.75, 3.05) is 0 Å². The van der Waals surface area contributed by atoms with E-state index in [1.807, 2.05) is 0 Å². The fraction of sp³-hybridized carbons (Fsp3) is 1.00. The van der Waals surface area contributed by atoms with Crippen molar-refractivity contribution >= 4 is 9.68 Å². The van der Waals surface area contributed by atoms with Crippen LogP contribution in [0.15, 0.2) is 0 Å². The highest BCUT2D eigenvalue weighted by Gasteiger charge is 2.10. The zero-order chi connectivity index (χ0) is 6.53. The first kappa shape index (κ1) is 7.29. The van der Waals surface area contributed by atoms with Gasteiger partial charge in [0.25, 0.3) is 0 Å². The van der Waals surface area contributed by atoms with E-state index in [1.165, 1.54) is 32.1 Å². The van der Waals surface area contributed by atoms with Crippen molar-refractivity contribution in [2.45, 2.75) is 44.7 Å². The molecule has 9 heavy (non-hydrogen) atoms. The van der Waals surface area contributed by atoms with Gasteiger partial charge < -0.3 is 4.98 Å².